The first-order valence-electron chi connectivity index (χ1n) is 8.02. The highest BCUT2D eigenvalue weighted by Crippen LogP contribution is 2.46. The molecular formula is C18H20NO5S+. The summed E-state index contributed by atoms with van der Waals surface area (Å²) in [7, 11) is 0. The summed E-state index contributed by atoms with van der Waals surface area (Å²) in [6.45, 7) is 1.65. The van der Waals surface area contributed by atoms with E-state index in [4.69, 9.17) is 4.74 Å². The fourth-order valence-electron chi connectivity index (χ4n) is 3.55. The molecule has 3 rings (SSSR count). The number of amides is 2. The lowest BCUT2D eigenvalue weighted by Crippen LogP contribution is -2.60. The molecular weight excluding hydrogens is 342 g/mol. The highest BCUT2D eigenvalue weighted by Gasteiger charge is 2.65. The van der Waals surface area contributed by atoms with E-state index in [0.717, 1.165) is 5.56 Å². The molecule has 1 aromatic heterocycles. The number of aliphatic hydroxyl groups is 1. The van der Waals surface area contributed by atoms with Gasteiger partial charge in [0, 0.05) is 6.42 Å². The van der Waals surface area contributed by atoms with Crippen molar-refractivity contribution in [2.75, 3.05) is 0 Å². The van der Waals surface area contributed by atoms with E-state index < -0.39 is 34.9 Å². The Labute approximate surface area is 149 Å². The van der Waals surface area contributed by atoms with Crippen molar-refractivity contribution >= 4 is 23.5 Å². The van der Waals surface area contributed by atoms with Gasteiger partial charge in [-0.2, -0.15) is 9.59 Å². The fourth-order valence-corrected chi connectivity index (χ4v) is 4.48. The van der Waals surface area contributed by atoms with Crippen LogP contribution >= 0.6 is 11.3 Å². The largest absolute Gasteiger partial charge is 0.527 e. The summed E-state index contributed by atoms with van der Waals surface area (Å²) in [5, 5.41) is 22.2. The molecule has 7 heteroatoms. The number of likely N-dealkylation sites (tertiary alicyclic amines) is 1. The zero-order chi connectivity index (χ0) is 18.0. The molecule has 1 aromatic carbocycles. The van der Waals surface area contributed by atoms with Crippen molar-refractivity contribution in [1.82, 2.24) is 0 Å². The molecule has 0 radical (unpaired) electrons. The second-order valence-corrected chi connectivity index (χ2v) is 7.19. The van der Waals surface area contributed by atoms with E-state index in [9.17, 15) is 19.8 Å². The summed E-state index contributed by atoms with van der Waals surface area (Å²) in [5.41, 5.74) is 0.777. The minimum atomic E-state index is -1.31. The number of ether oxygens (including phenoxy) is 1. The molecule has 2 heterocycles. The van der Waals surface area contributed by atoms with E-state index in [1.807, 2.05) is 18.2 Å². The Morgan fingerprint density at radius 1 is 1.24 bits per heavy atom. The predicted octanol–water partition coefficient (Wildman–Crippen LogP) is 3.77. The van der Waals surface area contributed by atoms with Gasteiger partial charge in [0.25, 0.3) is 0 Å². The third-order valence-electron chi connectivity index (χ3n) is 4.74. The predicted molar refractivity (Wildman–Crippen MR) is 92.1 cm³/mol. The molecule has 2 aromatic rings. The quantitative estimate of drug-likeness (QED) is 0.812. The molecule has 1 aliphatic rings. The van der Waals surface area contributed by atoms with E-state index >= 15 is 0 Å². The van der Waals surface area contributed by atoms with Crippen LogP contribution < -0.4 is 0 Å². The van der Waals surface area contributed by atoms with Gasteiger partial charge in [0.2, 0.25) is 0 Å². The van der Waals surface area contributed by atoms with Crippen molar-refractivity contribution in [3.05, 3.63) is 58.3 Å². The van der Waals surface area contributed by atoms with Gasteiger partial charge in [-0.15, -0.1) is 15.8 Å². The van der Waals surface area contributed by atoms with Gasteiger partial charge in [0.05, 0.1) is 4.88 Å². The third-order valence-corrected chi connectivity index (χ3v) is 5.68. The molecule has 2 amide bonds. The molecule has 2 N–H and O–H groups in total. The van der Waals surface area contributed by atoms with Crippen LogP contribution in [0.2, 0.25) is 0 Å². The Kier molecular flexibility index (Phi) is 4.89. The number of carbonyl (C=O) groups excluding carboxylic acids is 1. The number of quaternary nitrogens is 1. The van der Waals surface area contributed by atoms with Gasteiger partial charge in [-0.25, -0.2) is 0 Å². The summed E-state index contributed by atoms with van der Waals surface area (Å²) in [4.78, 5) is 25.8. The van der Waals surface area contributed by atoms with Crippen LogP contribution in [0.3, 0.4) is 0 Å². The SMILES string of the molecule is C[C@@H]1CC(O)C(c2cccs2)[N+]1(C(=O)O)C(=O)OCc1ccccc1. The summed E-state index contributed by atoms with van der Waals surface area (Å²) in [5.74, 6) is 0. The maximum Gasteiger partial charge on any atom is 0.527 e. The highest BCUT2D eigenvalue weighted by atomic mass is 32.1. The Morgan fingerprint density at radius 2 is 1.96 bits per heavy atom. The molecule has 0 aliphatic carbocycles. The first-order valence-corrected chi connectivity index (χ1v) is 8.90. The lowest BCUT2D eigenvalue weighted by Gasteiger charge is -2.33. The van der Waals surface area contributed by atoms with Crippen LogP contribution in [-0.4, -0.2) is 39.0 Å². The van der Waals surface area contributed by atoms with E-state index in [1.165, 1.54) is 11.3 Å². The van der Waals surface area contributed by atoms with Gasteiger partial charge in [-0.3, -0.25) is 0 Å². The molecule has 0 bridgehead atoms. The number of carboxylic acid groups (broad SMARTS) is 1. The zero-order valence-corrected chi connectivity index (χ0v) is 14.6. The van der Waals surface area contributed by atoms with Gasteiger partial charge in [0.1, 0.15) is 18.8 Å². The number of nitrogens with zero attached hydrogens (tertiary/aromatic N) is 1. The molecule has 132 valence electrons. The van der Waals surface area contributed by atoms with Crippen molar-refractivity contribution in [1.29, 1.82) is 0 Å². The van der Waals surface area contributed by atoms with Gasteiger partial charge >= 0.3 is 12.2 Å². The third kappa shape index (κ3) is 2.95. The fraction of sp³-hybridized carbons (Fsp3) is 0.333. The maximum absolute atomic E-state index is 12.9. The second-order valence-electron chi connectivity index (χ2n) is 6.21. The average molecular weight is 362 g/mol. The molecule has 1 aliphatic heterocycles. The highest BCUT2D eigenvalue weighted by molar-refractivity contribution is 7.10. The number of aliphatic hydroxyl groups excluding tert-OH is 1. The van der Waals surface area contributed by atoms with Crippen LogP contribution in [0, 0.1) is 0 Å². The summed E-state index contributed by atoms with van der Waals surface area (Å²) in [6.07, 6.45) is -2.86. The summed E-state index contributed by atoms with van der Waals surface area (Å²) in [6, 6.07) is 11.2. The van der Waals surface area contributed by atoms with Crippen LogP contribution in [0.4, 0.5) is 9.59 Å². The van der Waals surface area contributed by atoms with E-state index in [0.29, 0.717) is 4.88 Å². The van der Waals surface area contributed by atoms with E-state index in [-0.39, 0.29) is 13.0 Å². The number of hydrogen-bond donors (Lipinski definition) is 2. The Balaban J connectivity index is 1.93. The number of rotatable bonds is 3. The lowest BCUT2D eigenvalue weighted by atomic mass is 10.1. The van der Waals surface area contributed by atoms with Gasteiger partial charge in [-0.05, 0) is 23.9 Å². The smallest absolute Gasteiger partial charge is 0.435 e. The minimum absolute atomic E-state index is 0.00701. The van der Waals surface area contributed by atoms with E-state index in [2.05, 4.69) is 0 Å². The topological polar surface area (TPSA) is 83.8 Å². The zero-order valence-electron chi connectivity index (χ0n) is 13.7. The molecule has 6 nitrogen and oxygen atoms in total. The molecule has 1 saturated heterocycles. The first-order chi connectivity index (χ1) is 12.0. The number of carbonyl (C=O) groups is 2. The maximum atomic E-state index is 12.9. The van der Waals surface area contributed by atoms with Crippen molar-refractivity contribution in [3.63, 3.8) is 0 Å². The average Bonchev–Trinajstić information content (AvgIpc) is 3.19. The number of imide groups is 1. The molecule has 0 spiro atoms. The lowest BCUT2D eigenvalue weighted by molar-refractivity contribution is -0.828. The van der Waals surface area contributed by atoms with Crippen LogP contribution in [0.25, 0.3) is 0 Å². The number of hydrogen-bond acceptors (Lipinski definition) is 5. The van der Waals surface area contributed by atoms with Crippen molar-refractivity contribution < 1.29 is 29.0 Å². The Morgan fingerprint density at radius 3 is 2.56 bits per heavy atom. The van der Waals surface area contributed by atoms with Crippen molar-refractivity contribution in [3.8, 4) is 0 Å². The van der Waals surface area contributed by atoms with Gasteiger partial charge in [-0.1, -0.05) is 36.4 Å². The van der Waals surface area contributed by atoms with Gasteiger partial charge in [0.15, 0.2) is 6.04 Å². The minimum Gasteiger partial charge on any atom is -0.435 e. The van der Waals surface area contributed by atoms with Crippen molar-refractivity contribution in [2.24, 2.45) is 0 Å². The van der Waals surface area contributed by atoms with Gasteiger partial charge < -0.3 is 14.9 Å². The first kappa shape index (κ1) is 17.6. The summed E-state index contributed by atoms with van der Waals surface area (Å²) >= 11 is 1.33. The molecule has 1 fully saturated rings. The number of thiophene rings is 1. The molecule has 0 saturated carbocycles. The van der Waals surface area contributed by atoms with Crippen LogP contribution in [0.5, 0.6) is 0 Å². The molecule has 3 unspecified atom stereocenters. The molecule has 4 atom stereocenters. The Hall–Kier alpha value is -2.22. The van der Waals surface area contributed by atoms with Crippen molar-refractivity contribution in [2.45, 2.75) is 38.1 Å². The van der Waals surface area contributed by atoms with Crippen LogP contribution in [0.1, 0.15) is 29.8 Å². The number of benzene rings is 1. The summed E-state index contributed by atoms with van der Waals surface area (Å²) < 4.78 is 4.43. The Bertz CT molecular complexity index is 748. The van der Waals surface area contributed by atoms with Crippen LogP contribution in [0.15, 0.2) is 47.8 Å². The second kappa shape index (κ2) is 6.95. The van der Waals surface area contributed by atoms with E-state index in [1.54, 1.807) is 36.6 Å². The standard InChI is InChI=1S/C18H19NO5S/c1-12-10-14(20)16(15-8-5-9-25-15)19(12,17(21)22)18(23)24-11-13-6-3-2-4-7-13/h2-9,12,14,16,20H,10-11H2,1H3/p+1/t12-,14?,16?,19?/m1/s1. The monoisotopic (exact) mass is 362 g/mol. The molecule has 25 heavy (non-hydrogen) atoms. The normalized spacial score (nSPS) is 28.6. The van der Waals surface area contributed by atoms with Crippen LogP contribution in [-0.2, 0) is 11.3 Å².